The number of hydrogen-bond acceptors (Lipinski definition) is 6. The van der Waals surface area contributed by atoms with Crippen molar-refractivity contribution >= 4 is 7.60 Å². The summed E-state index contributed by atoms with van der Waals surface area (Å²) in [6, 6.07) is 16.3. The second kappa shape index (κ2) is 7.86. The molecule has 1 aromatic carbocycles. The van der Waals surface area contributed by atoms with Crippen LogP contribution in [0.3, 0.4) is 0 Å². The van der Waals surface area contributed by atoms with E-state index in [1.165, 1.54) is 14.2 Å². The zero-order valence-corrected chi connectivity index (χ0v) is 14.2. The van der Waals surface area contributed by atoms with E-state index in [0.717, 1.165) is 11.3 Å². The molecule has 24 heavy (non-hydrogen) atoms. The molecule has 1 aromatic heterocycles. The minimum absolute atomic E-state index is 0.537. The van der Waals surface area contributed by atoms with Crippen LogP contribution in [-0.2, 0) is 13.6 Å². The first-order valence-electron chi connectivity index (χ1n) is 7.11. The number of nitriles is 2. The lowest BCUT2D eigenvalue weighted by Gasteiger charge is -2.25. The Morgan fingerprint density at radius 3 is 2.12 bits per heavy atom. The molecule has 0 N–H and O–H groups in total. The van der Waals surface area contributed by atoms with Gasteiger partial charge in [-0.25, -0.2) is 0 Å². The van der Waals surface area contributed by atoms with Gasteiger partial charge in [-0.1, -0.05) is 30.3 Å². The largest absolute Gasteiger partial charge is 0.339 e. The Morgan fingerprint density at radius 2 is 1.67 bits per heavy atom. The van der Waals surface area contributed by atoms with Crippen LogP contribution in [0.5, 0.6) is 0 Å². The molecule has 0 aliphatic rings. The van der Waals surface area contributed by atoms with E-state index in [4.69, 9.17) is 9.05 Å². The third-order valence-electron chi connectivity index (χ3n) is 3.66. The number of hydrogen-bond donors (Lipinski definition) is 0. The fraction of sp³-hybridized carbons (Fsp3) is 0.235. The predicted molar refractivity (Wildman–Crippen MR) is 88.8 cm³/mol. The standard InChI is InChI=1S/C17H16N3O3P/c1-22-24(21,23-2)17(15(11-18)12-19)14-8-6-13(7-9-14)16-5-3-4-10-20-16/h3-10,15,17H,1-2H3. The van der Waals surface area contributed by atoms with E-state index >= 15 is 0 Å². The molecule has 6 nitrogen and oxygen atoms in total. The van der Waals surface area contributed by atoms with Crippen LogP contribution in [0.2, 0.25) is 0 Å². The Balaban J connectivity index is 2.47. The van der Waals surface area contributed by atoms with Crippen molar-refractivity contribution in [3.05, 3.63) is 54.2 Å². The molecule has 122 valence electrons. The van der Waals surface area contributed by atoms with Crippen molar-refractivity contribution in [1.82, 2.24) is 4.98 Å². The van der Waals surface area contributed by atoms with Crippen molar-refractivity contribution in [3.8, 4) is 23.4 Å². The highest BCUT2D eigenvalue weighted by molar-refractivity contribution is 7.54. The van der Waals surface area contributed by atoms with Gasteiger partial charge in [-0.15, -0.1) is 0 Å². The summed E-state index contributed by atoms with van der Waals surface area (Å²) in [5, 5.41) is 18.5. The Kier molecular flexibility index (Phi) is 5.84. The summed E-state index contributed by atoms with van der Waals surface area (Å²) < 4.78 is 22.9. The molecule has 0 aliphatic carbocycles. The van der Waals surface area contributed by atoms with E-state index in [2.05, 4.69) is 4.98 Å². The van der Waals surface area contributed by atoms with Gasteiger partial charge in [0.15, 0.2) is 5.92 Å². The van der Waals surface area contributed by atoms with Crippen molar-refractivity contribution in [1.29, 1.82) is 10.5 Å². The van der Waals surface area contributed by atoms with Gasteiger partial charge in [0.25, 0.3) is 0 Å². The molecule has 0 saturated carbocycles. The lowest BCUT2D eigenvalue weighted by molar-refractivity contribution is 0.262. The first kappa shape index (κ1) is 17.8. The summed E-state index contributed by atoms with van der Waals surface area (Å²) in [6.07, 6.45) is 1.69. The molecule has 0 fully saturated rings. The molecule has 1 unspecified atom stereocenters. The van der Waals surface area contributed by atoms with E-state index in [-0.39, 0.29) is 0 Å². The van der Waals surface area contributed by atoms with Gasteiger partial charge in [0.1, 0.15) is 5.66 Å². The third kappa shape index (κ3) is 3.53. The normalized spacial score (nSPS) is 12.4. The van der Waals surface area contributed by atoms with Crippen LogP contribution in [0, 0.1) is 28.6 Å². The summed E-state index contributed by atoms with van der Waals surface area (Å²) in [4.78, 5) is 4.26. The van der Waals surface area contributed by atoms with Crippen molar-refractivity contribution in [2.24, 2.45) is 5.92 Å². The highest BCUT2D eigenvalue weighted by Crippen LogP contribution is 2.62. The van der Waals surface area contributed by atoms with Crippen LogP contribution in [0.15, 0.2) is 48.7 Å². The van der Waals surface area contributed by atoms with Crippen molar-refractivity contribution in [3.63, 3.8) is 0 Å². The molecular formula is C17H16N3O3P. The van der Waals surface area contributed by atoms with Gasteiger partial charge in [-0.05, 0) is 17.7 Å². The summed E-state index contributed by atoms with van der Waals surface area (Å²) in [5.41, 5.74) is 1.21. The molecule has 7 heteroatoms. The molecule has 0 radical (unpaired) electrons. The Bertz CT molecular complexity index is 788. The molecule has 2 aromatic rings. The van der Waals surface area contributed by atoms with E-state index in [1.54, 1.807) is 30.5 Å². The quantitative estimate of drug-likeness (QED) is 0.738. The SMILES string of the molecule is COP(=O)(OC)C(c1ccc(-c2ccccn2)cc1)C(C#N)C#N. The van der Waals surface area contributed by atoms with E-state index < -0.39 is 19.2 Å². The first-order chi connectivity index (χ1) is 11.6. The van der Waals surface area contributed by atoms with Crippen LogP contribution >= 0.6 is 7.60 Å². The molecule has 1 heterocycles. The molecule has 0 saturated heterocycles. The number of nitrogens with zero attached hydrogens (tertiary/aromatic N) is 3. The van der Waals surface area contributed by atoms with Gasteiger partial charge in [0, 0.05) is 26.0 Å². The summed E-state index contributed by atoms with van der Waals surface area (Å²) >= 11 is 0. The number of rotatable bonds is 6. The van der Waals surface area contributed by atoms with Crippen LogP contribution in [-0.4, -0.2) is 19.2 Å². The highest BCUT2D eigenvalue weighted by Gasteiger charge is 2.41. The van der Waals surface area contributed by atoms with E-state index in [0.29, 0.717) is 5.56 Å². The lowest BCUT2D eigenvalue weighted by atomic mass is 9.99. The summed E-state index contributed by atoms with van der Waals surface area (Å²) in [7, 11) is -1.17. The third-order valence-corrected chi connectivity index (χ3v) is 5.95. The molecule has 1 atom stereocenters. The van der Waals surface area contributed by atoms with Gasteiger partial charge in [-0.2, -0.15) is 10.5 Å². The maximum atomic E-state index is 12.8. The maximum absolute atomic E-state index is 12.8. The zero-order valence-electron chi connectivity index (χ0n) is 13.3. The first-order valence-corrected chi connectivity index (χ1v) is 8.72. The van der Waals surface area contributed by atoms with E-state index in [9.17, 15) is 15.1 Å². The summed E-state index contributed by atoms with van der Waals surface area (Å²) in [5.74, 6) is -1.16. The fourth-order valence-electron chi connectivity index (χ4n) is 2.41. The van der Waals surface area contributed by atoms with Crippen LogP contribution in [0.4, 0.5) is 0 Å². The second-order valence-electron chi connectivity index (χ2n) is 4.92. The summed E-state index contributed by atoms with van der Waals surface area (Å²) in [6.45, 7) is 0. The van der Waals surface area contributed by atoms with Gasteiger partial charge < -0.3 is 9.05 Å². The van der Waals surface area contributed by atoms with Gasteiger partial charge in [0.05, 0.1) is 17.8 Å². The van der Waals surface area contributed by atoms with Gasteiger partial charge in [-0.3, -0.25) is 9.55 Å². The molecular weight excluding hydrogens is 325 g/mol. The highest BCUT2D eigenvalue weighted by atomic mass is 31.2. The molecule has 0 bridgehead atoms. The number of pyridine rings is 1. The topological polar surface area (TPSA) is 96.0 Å². The molecule has 0 amide bonds. The van der Waals surface area contributed by atoms with E-state index in [1.807, 2.05) is 30.3 Å². The molecule has 0 spiro atoms. The van der Waals surface area contributed by atoms with Crippen LogP contribution in [0.1, 0.15) is 11.2 Å². The Labute approximate surface area is 140 Å². The lowest BCUT2D eigenvalue weighted by Crippen LogP contribution is -2.12. The number of aromatic nitrogens is 1. The average Bonchev–Trinajstić information content (AvgIpc) is 2.66. The Hall–Kier alpha value is -2.50. The molecule has 2 rings (SSSR count). The van der Waals surface area contributed by atoms with Crippen molar-refractivity contribution < 1.29 is 13.6 Å². The van der Waals surface area contributed by atoms with Crippen molar-refractivity contribution in [2.45, 2.75) is 5.66 Å². The average molecular weight is 341 g/mol. The fourth-order valence-corrected chi connectivity index (χ4v) is 4.05. The zero-order chi connectivity index (χ0) is 17.6. The number of benzene rings is 1. The van der Waals surface area contributed by atoms with Gasteiger partial charge >= 0.3 is 7.60 Å². The monoisotopic (exact) mass is 341 g/mol. The minimum atomic E-state index is -3.65. The Morgan fingerprint density at radius 1 is 1.04 bits per heavy atom. The maximum Gasteiger partial charge on any atom is 0.339 e. The second-order valence-corrected chi connectivity index (χ2v) is 7.29. The predicted octanol–water partition coefficient (Wildman–Crippen LogP) is 3.94. The van der Waals surface area contributed by atoms with Gasteiger partial charge in [0.2, 0.25) is 0 Å². The molecule has 0 aliphatic heterocycles. The minimum Gasteiger partial charge on any atom is -0.311 e. The smallest absolute Gasteiger partial charge is 0.311 e. The van der Waals surface area contributed by atoms with Crippen LogP contribution < -0.4 is 0 Å². The van der Waals surface area contributed by atoms with Crippen molar-refractivity contribution in [2.75, 3.05) is 14.2 Å². The van der Waals surface area contributed by atoms with Crippen LogP contribution in [0.25, 0.3) is 11.3 Å².